The summed E-state index contributed by atoms with van der Waals surface area (Å²) in [6.45, 7) is 1.38. The second-order valence-electron chi connectivity index (χ2n) is 6.69. The van der Waals surface area contributed by atoms with E-state index >= 15 is 0 Å². The summed E-state index contributed by atoms with van der Waals surface area (Å²) in [4.78, 5) is 44.5. The molecule has 0 saturated heterocycles. The number of nitrogens with one attached hydrogen (secondary N) is 4. The van der Waals surface area contributed by atoms with Crippen molar-refractivity contribution in [1.82, 2.24) is 20.6 Å². The van der Waals surface area contributed by atoms with Crippen molar-refractivity contribution in [2.75, 3.05) is 26.8 Å². The minimum Gasteiger partial charge on any atom is -0.467 e. The highest BCUT2D eigenvalue weighted by molar-refractivity contribution is 5.94. The third-order valence-electron chi connectivity index (χ3n) is 4.41. The molecule has 0 aliphatic rings. The lowest BCUT2D eigenvalue weighted by molar-refractivity contribution is -0.906. The number of carbonyl (C=O) groups excluding carboxylic acids is 2. The van der Waals surface area contributed by atoms with Gasteiger partial charge in [-0.25, -0.2) is 9.78 Å². The number of aromatic nitrogens is 2. The molecule has 0 bridgehead atoms. The number of ether oxygens (including phenoxy) is 1. The minimum absolute atomic E-state index is 0.00801. The molecule has 0 radical (unpaired) electrons. The number of urea groups is 1. The molecule has 4 N–H and O–H groups in total. The third-order valence-corrected chi connectivity index (χ3v) is 4.41. The van der Waals surface area contributed by atoms with Crippen LogP contribution in [0.15, 0.2) is 51.9 Å². The van der Waals surface area contributed by atoms with Gasteiger partial charge in [0, 0.05) is 7.11 Å². The Kier molecular flexibility index (Phi) is 7.30. The quantitative estimate of drug-likeness (QED) is 0.376. The summed E-state index contributed by atoms with van der Waals surface area (Å²) in [5, 5.41) is 5.35. The molecule has 0 aliphatic carbocycles. The highest BCUT2D eigenvalue weighted by Gasteiger charge is 2.18. The SMILES string of the molecule is COCC[NH+](CC(=O)NC(=O)NCc1ccco1)Cc1nc2ccccc2c(=O)[nH]1. The van der Waals surface area contributed by atoms with Crippen LogP contribution in [0.1, 0.15) is 11.6 Å². The zero-order chi connectivity index (χ0) is 21.3. The Bertz CT molecular complexity index is 1050. The fourth-order valence-electron chi connectivity index (χ4n) is 2.96. The van der Waals surface area contributed by atoms with E-state index in [0.29, 0.717) is 42.2 Å². The number of hydrogen-bond acceptors (Lipinski definition) is 6. The molecule has 30 heavy (non-hydrogen) atoms. The van der Waals surface area contributed by atoms with Crippen LogP contribution in [0.3, 0.4) is 0 Å². The number of aromatic amines is 1. The number of benzene rings is 1. The van der Waals surface area contributed by atoms with Crippen molar-refractivity contribution < 1.29 is 23.6 Å². The molecule has 0 spiro atoms. The van der Waals surface area contributed by atoms with E-state index in [1.165, 1.54) is 6.26 Å². The number of para-hydroxylation sites is 1. The van der Waals surface area contributed by atoms with Gasteiger partial charge >= 0.3 is 6.03 Å². The van der Waals surface area contributed by atoms with Crippen molar-refractivity contribution in [1.29, 1.82) is 0 Å². The fraction of sp³-hybridized carbons (Fsp3) is 0.300. The number of furan rings is 1. The first kappa shape index (κ1) is 21.2. The molecule has 1 aromatic carbocycles. The monoisotopic (exact) mass is 414 g/mol. The highest BCUT2D eigenvalue weighted by atomic mass is 16.5. The molecule has 0 aliphatic heterocycles. The number of H-pyrrole nitrogens is 1. The molecular weight excluding hydrogens is 390 g/mol. The number of rotatable bonds is 9. The maximum atomic E-state index is 12.3. The Hall–Kier alpha value is -3.50. The number of fused-ring (bicyclic) bond motifs is 1. The molecule has 10 nitrogen and oxygen atoms in total. The lowest BCUT2D eigenvalue weighted by atomic mass is 10.2. The Morgan fingerprint density at radius 1 is 1.23 bits per heavy atom. The van der Waals surface area contributed by atoms with E-state index in [2.05, 4.69) is 20.6 Å². The molecule has 3 rings (SSSR count). The molecule has 3 amide bonds. The number of nitrogens with zero attached hydrogens (tertiary/aromatic N) is 1. The summed E-state index contributed by atoms with van der Waals surface area (Å²) in [6.07, 6.45) is 1.50. The van der Waals surface area contributed by atoms with Crippen molar-refractivity contribution in [2.24, 2.45) is 0 Å². The summed E-state index contributed by atoms with van der Waals surface area (Å²) >= 11 is 0. The van der Waals surface area contributed by atoms with Crippen LogP contribution < -0.4 is 21.1 Å². The topological polar surface area (TPSA) is 131 Å². The van der Waals surface area contributed by atoms with Crippen LogP contribution in [0, 0.1) is 0 Å². The van der Waals surface area contributed by atoms with Crippen LogP contribution in [0.25, 0.3) is 10.9 Å². The molecule has 10 heteroatoms. The van der Waals surface area contributed by atoms with Gasteiger partial charge in [-0.15, -0.1) is 0 Å². The zero-order valence-electron chi connectivity index (χ0n) is 16.6. The lowest BCUT2D eigenvalue weighted by Crippen LogP contribution is -3.12. The second kappa shape index (κ2) is 10.3. The molecule has 0 saturated carbocycles. The summed E-state index contributed by atoms with van der Waals surface area (Å²) in [6, 6.07) is 9.87. The highest BCUT2D eigenvalue weighted by Crippen LogP contribution is 2.04. The first-order valence-corrected chi connectivity index (χ1v) is 9.45. The molecule has 2 heterocycles. The van der Waals surface area contributed by atoms with Crippen molar-refractivity contribution in [3.05, 3.63) is 64.6 Å². The lowest BCUT2D eigenvalue weighted by Gasteiger charge is -2.18. The molecule has 2 aromatic heterocycles. The first-order chi connectivity index (χ1) is 14.5. The van der Waals surface area contributed by atoms with Gasteiger partial charge in [-0.2, -0.15) is 0 Å². The van der Waals surface area contributed by atoms with Crippen molar-refractivity contribution >= 4 is 22.8 Å². The van der Waals surface area contributed by atoms with E-state index in [1.54, 1.807) is 37.4 Å². The predicted octanol–water partition coefficient (Wildman–Crippen LogP) is -0.427. The third kappa shape index (κ3) is 6.00. The average molecular weight is 414 g/mol. The predicted molar refractivity (Wildman–Crippen MR) is 108 cm³/mol. The van der Waals surface area contributed by atoms with Crippen LogP contribution in [0.4, 0.5) is 4.79 Å². The average Bonchev–Trinajstić information content (AvgIpc) is 3.24. The molecule has 158 valence electrons. The normalized spacial score (nSPS) is 11.9. The first-order valence-electron chi connectivity index (χ1n) is 9.45. The molecule has 1 atom stereocenters. The van der Waals surface area contributed by atoms with Crippen molar-refractivity contribution in [3.8, 4) is 0 Å². The summed E-state index contributed by atoms with van der Waals surface area (Å²) in [5.41, 5.74) is 0.354. The molecule has 1 unspecified atom stereocenters. The van der Waals surface area contributed by atoms with Crippen molar-refractivity contribution in [3.63, 3.8) is 0 Å². The van der Waals surface area contributed by atoms with E-state index in [9.17, 15) is 14.4 Å². The second-order valence-corrected chi connectivity index (χ2v) is 6.69. The summed E-state index contributed by atoms with van der Waals surface area (Å²) < 4.78 is 10.2. The Morgan fingerprint density at radius 3 is 2.83 bits per heavy atom. The maximum Gasteiger partial charge on any atom is 0.321 e. The van der Waals surface area contributed by atoms with Gasteiger partial charge in [-0.1, -0.05) is 12.1 Å². The summed E-state index contributed by atoms with van der Waals surface area (Å²) in [7, 11) is 1.57. The van der Waals surface area contributed by atoms with E-state index in [-0.39, 0.29) is 18.6 Å². The van der Waals surface area contributed by atoms with Gasteiger partial charge in [0.25, 0.3) is 11.5 Å². The van der Waals surface area contributed by atoms with E-state index in [4.69, 9.17) is 9.15 Å². The Balaban J connectivity index is 1.60. The number of amides is 3. The van der Waals surface area contributed by atoms with Gasteiger partial charge in [0.2, 0.25) is 0 Å². The smallest absolute Gasteiger partial charge is 0.321 e. The van der Waals surface area contributed by atoms with Gasteiger partial charge in [0.1, 0.15) is 18.8 Å². The molecule has 3 aromatic rings. The minimum atomic E-state index is -0.611. The van der Waals surface area contributed by atoms with Crippen LogP contribution in [0.2, 0.25) is 0 Å². The van der Waals surface area contributed by atoms with Gasteiger partial charge in [-0.3, -0.25) is 14.9 Å². The largest absolute Gasteiger partial charge is 0.467 e. The number of carbonyl (C=O) groups is 2. The van der Waals surface area contributed by atoms with Crippen molar-refractivity contribution in [2.45, 2.75) is 13.1 Å². The van der Waals surface area contributed by atoms with Crippen LogP contribution in [-0.2, 0) is 22.6 Å². The van der Waals surface area contributed by atoms with E-state index in [1.807, 2.05) is 6.07 Å². The van der Waals surface area contributed by atoms with Gasteiger partial charge in [-0.05, 0) is 24.3 Å². The van der Waals surface area contributed by atoms with E-state index in [0.717, 1.165) is 4.90 Å². The standard InChI is InChI=1S/C20H23N5O5/c1-29-10-8-25(12-17-22-16-7-3-2-6-15(16)19(27)23-17)13-18(26)24-20(28)21-11-14-5-4-9-30-14/h2-7,9H,8,10-13H2,1H3,(H,22,23,27)(H2,21,24,26,28)/p+1. The number of hydrogen-bond donors (Lipinski definition) is 4. The van der Waals surface area contributed by atoms with Crippen LogP contribution in [-0.4, -0.2) is 48.7 Å². The number of methoxy groups -OCH3 is 1. The van der Waals surface area contributed by atoms with Gasteiger partial charge in [0.15, 0.2) is 12.4 Å². The number of quaternary nitrogens is 1. The number of imide groups is 1. The van der Waals surface area contributed by atoms with Gasteiger partial charge < -0.3 is 24.4 Å². The zero-order valence-corrected chi connectivity index (χ0v) is 16.6. The Labute approximate surface area is 172 Å². The molecular formula is C20H24N5O5+. The van der Waals surface area contributed by atoms with Crippen LogP contribution >= 0.6 is 0 Å². The summed E-state index contributed by atoms with van der Waals surface area (Å²) in [5.74, 6) is 0.581. The maximum absolute atomic E-state index is 12.3. The van der Waals surface area contributed by atoms with E-state index < -0.39 is 11.9 Å². The Morgan fingerprint density at radius 2 is 2.07 bits per heavy atom. The van der Waals surface area contributed by atoms with Gasteiger partial charge in [0.05, 0.1) is 30.3 Å². The molecule has 0 fully saturated rings. The van der Waals surface area contributed by atoms with Crippen LogP contribution in [0.5, 0.6) is 0 Å². The fourth-order valence-corrected chi connectivity index (χ4v) is 2.96.